The Kier molecular flexibility index (Phi) is 5.79. The number of nitrogens with zero attached hydrogens (tertiary/aromatic N) is 1. The van der Waals surface area contributed by atoms with Crippen molar-refractivity contribution >= 4 is 17.7 Å². The highest BCUT2D eigenvalue weighted by Gasteiger charge is 2.23. The Morgan fingerprint density at radius 3 is 2.88 bits per heavy atom. The minimum atomic E-state index is -0.684. The van der Waals surface area contributed by atoms with Crippen molar-refractivity contribution in [2.24, 2.45) is 5.73 Å². The number of carbonyl (C=O) groups excluding carboxylic acids is 1. The van der Waals surface area contributed by atoms with Crippen molar-refractivity contribution in [2.75, 3.05) is 11.5 Å². The molecule has 0 radical (unpaired) electrons. The Bertz CT molecular complexity index is 299. The summed E-state index contributed by atoms with van der Waals surface area (Å²) in [4.78, 5) is 11.4. The van der Waals surface area contributed by atoms with Crippen molar-refractivity contribution < 1.29 is 4.79 Å². The average Bonchev–Trinajstić information content (AvgIpc) is 3.12. The van der Waals surface area contributed by atoms with E-state index in [1.807, 2.05) is 6.92 Å². The summed E-state index contributed by atoms with van der Waals surface area (Å²) < 4.78 is 0. The van der Waals surface area contributed by atoms with Crippen LogP contribution in [0.2, 0.25) is 0 Å². The fourth-order valence-electron chi connectivity index (χ4n) is 1.46. The van der Waals surface area contributed by atoms with Crippen molar-refractivity contribution in [3.63, 3.8) is 0 Å². The second kappa shape index (κ2) is 6.87. The number of nitrogens with two attached hydrogens (primary N) is 1. The van der Waals surface area contributed by atoms with Crippen LogP contribution >= 0.6 is 11.8 Å². The highest BCUT2D eigenvalue weighted by Crippen LogP contribution is 2.19. The number of hydrogen-bond acceptors (Lipinski definition) is 4. The second-order valence-corrected chi connectivity index (χ2v) is 5.72. The Morgan fingerprint density at radius 1 is 1.65 bits per heavy atom. The summed E-state index contributed by atoms with van der Waals surface area (Å²) in [5, 5.41) is 11.8. The predicted octanol–water partition coefficient (Wildman–Crippen LogP) is 1.41. The molecule has 0 heterocycles. The SMILES string of the molecule is CCC(N)(C#N)CCCSCC(=O)NC1CC1. The molecule has 5 heteroatoms. The molecule has 1 fully saturated rings. The van der Waals surface area contributed by atoms with E-state index in [-0.39, 0.29) is 5.91 Å². The van der Waals surface area contributed by atoms with E-state index in [0.29, 0.717) is 24.6 Å². The monoisotopic (exact) mass is 255 g/mol. The van der Waals surface area contributed by atoms with Gasteiger partial charge in [0.15, 0.2) is 0 Å². The fraction of sp³-hybridized carbons (Fsp3) is 0.833. The van der Waals surface area contributed by atoms with Gasteiger partial charge < -0.3 is 11.1 Å². The summed E-state index contributed by atoms with van der Waals surface area (Å²) >= 11 is 1.62. The highest BCUT2D eigenvalue weighted by atomic mass is 32.2. The molecule has 4 nitrogen and oxygen atoms in total. The molecule has 96 valence electrons. The first-order valence-electron chi connectivity index (χ1n) is 6.17. The summed E-state index contributed by atoms with van der Waals surface area (Å²) in [5.41, 5.74) is 5.18. The summed E-state index contributed by atoms with van der Waals surface area (Å²) in [6.07, 6.45) is 4.53. The first-order chi connectivity index (χ1) is 8.09. The van der Waals surface area contributed by atoms with Crippen LogP contribution in [-0.4, -0.2) is 29.0 Å². The molecule has 1 atom stereocenters. The van der Waals surface area contributed by atoms with Gasteiger partial charge in [-0.1, -0.05) is 6.92 Å². The van der Waals surface area contributed by atoms with Crippen LogP contribution in [0, 0.1) is 11.3 Å². The minimum Gasteiger partial charge on any atom is -0.353 e. The maximum Gasteiger partial charge on any atom is 0.230 e. The fourth-order valence-corrected chi connectivity index (χ4v) is 2.22. The van der Waals surface area contributed by atoms with Gasteiger partial charge in [-0.2, -0.15) is 17.0 Å². The largest absolute Gasteiger partial charge is 0.353 e. The van der Waals surface area contributed by atoms with Crippen LogP contribution in [0.4, 0.5) is 0 Å². The minimum absolute atomic E-state index is 0.132. The molecule has 1 unspecified atom stereocenters. The first-order valence-corrected chi connectivity index (χ1v) is 7.32. The van der Waals surface area contributed by atoms with Gasteiger partial charge in [0, 0.05) is 6.04 Å². The van der Waals surface area contributed by atoms with E-state index in [1.165, 1.54) is 0 Å². The van der Waals surface area contributed by atoms with Gasteiger partial charge in [0.25, 0.3) is 0 Å². The number of rotatable bonds is 8. The van der Waals surface area contributed by atoms with E-state index in [9.17, 15) is 4.79 Å². The molecule has 1 aliphatic carbocycles. The van der Waals surface area contributed by atoms with Crippen LogP contribution < -0.4 is 11.1 Å². The molecule has 1 rings (SSSR count). The average molecular weight is 255 g/mol. The zero-order chi connectivity index (χ0) is 12.7. The van der Waals surface area contributed by atoms with Gasteiger partial charge in [-0.3, -0.25) is 4.79 Å². The zero-order valence-electron chi connectivity index (χ0n) is 10.4. The molecular formula is C12H21N3OS. The van der Waals surface area contributed by atoms with Gasteiger partial charge in [-0.05, 0) is 37.9 Å². The Hall–Kier alpha value is -0.730. The van der Waals surface area contributed by atoms with Crippen LogP contribution in [0.1, 0.15) is 39.0 Å². The van der Waals surface area contributed by atoms with E-state index in [4.69, 9.17) is 11.0 Å². The molecule has 1 saturated carbocycles. The number of amides is 1. The summed E-state index contributed by atoms with van der Waals surface area (Å²) in [6.45, 7) is 1.93. The standard InChI is InChI=1S/C12H21N3OS/c1-2-12(14,9-13)6-3-7-17-8-11(16)15-10-4-5-10/h10H,2-8,14H2,1H3,(H,15,16). The van der Waals surface area contributed by atoms with Gasteiger partial charge >= 0.3 is 0 Å². The number of nitriles is 1. The molecule has 0 spiro atoms. The lowest BCUT2D eigenvalue weighted by molar-refractivity contribution is -0.118. The van der Waals surface area contributed by atoms with Gasteiger partial charge in [0.1, 0.15) is 5.54 Å². The van der Waals surface area contributed by atoms with E-state index in [2.05, 4.69) is 11.4 Å². The zero-order valence-corrected chi connectivity index (χ0v) is 11.2. The van der Waals surface area contributed by atoms with Crippen molar-refractivity contribution in [3.8, 4) is 6.07 Å². The number of nitrogens with one attached hydrogen (secondary N) is 1. The molecule has 1 aliphatic rings. The van der Waals surface area contributed by atoms with E-state index in [0.717, 1.165) is 25.0 Å². The molecule has 3 N–H and O–H groups in total. The van der Waals surface area contributed by atoms with E-state index < -0.39 is 5.54 Å². The third-order valence-corrected chi connectivity index (χ3v) is 3.98. The molecule has 1 amide bonds. The van der Waals surface area contributed by atoms with Crippen molar-refractivity contribution in [2.45, 2.75) is 50.6 Å². The third kappa shape index (κ3) is 5.94. The summed E-state index contributed by atoms with van der Waals surface area (Å²) in [7, 11) is 0. The maximum absolute atomic E-state index is 11.4. The van der Waals surface area contributed by atoms with E-state index >= 15 is 0 Å². The maximum atomic E-state index is 11.4. The summed E-state index contributed by atoms with van der Waals surface area (Å²) in [5.74, 6) is 1.54. The van der Waals surface area contributed by atoms with Crippen LogP contribution in [0.5, 0.6) is 0 Å². The Labute approximate surface area is 107 Å². The topological polar surface area (TPSA) is 78.9 Å². The lowest BCUT2D eigenvalue weighted by atomic mass is 9.94. The lowest BCUT2D eigenvalue weighted by Gasteiger charge is -2.18. The first kappa shape index (κ1) is 14.3. The molecule has 0 saturated heterocycles. The van der Waals surface area contributed by atoms with Crippen LogP contribution in [0.25, 0.3) is 0 Å². The molecule has 0 aromatic carbocycles. The molecule has 0 aromatic rings. The van der Waals surface area contributed by atoms with Crippen LogP contribution in [0.15, 0.2) is 0 Å². The Balaban J connectivity index is 2.00. The predicted molar refractivity (Wildman–Crippen MR) is 70.5 cm³/mol. The second-order valence-electron chi connectivity index (χ2n) is 4.62. The molecule has 17 heavy (non-hydrogen) atoms. The Morgan fingerprint density at radius 2 is 2.35 bits per heavy atom. The number of carbonyl (C=O) groups is 1. The number of hydrogen-bond donors (Lipinski definition) is 2. The van der Waals surface area contributed by atoms with Gasteiger partial charge in [0.05, 0.1) is 11.8 Å². The molecular weight excluding hydrogens is 234 g/mol. The molecule has 0 aromatic heterocycles. The quantitative estimate of drug-likeness (QED) is 0.643. The van der Waals surface area contributed by atoms with Crippen molar-refractivity contribution in [3.05, 3.63) is 0 Å². The van der Waals surface area contributed by atoms with Gasteiger partial charge in [-0.25, -0.2) is 0 Å². The van der Waals surface area contributed by atoms with Crippen LogP contribution in [-0.2, 0) is 4.79 Å². The number of thioether (sulfide) groups is 1. The van der Waals surface area contributed by atoms with Crippen molar-refractivity contribution in [1.29, 1.82) is 5.26 Å². The van der Waals surface area contributed by atoms with E-state index in [1.54, 1.807) is 11.8 Å². The lowest BCUT2D eigenvalue weighted by Crippen LogP contribution is -2.37. The highest BCUT2D eigenvalue weighted by molar-refractivity contribution is 7.99. The third-order valence-electron chi connectivity index (χ3n) is 2.94. The summed E-state index contributed by atoms with van der Waals surface area (Å²) in [6, 6.07) is 2.59. The van der Waals surface area contributed by atoms with Crippen molar-refractivity contribution in [1.82, 2.24) is 5.32 Å². The van der Waals surface area contributed by atoms with Gasteiger partial charge in [0.2, 0.25) is 5.91 Å². The smallest absolute Gasteiger partial charge is 0.230 e. The van der Waals surface area contributed by atoms with Crippen LogP contribution in [0.3, 0.4) is 0 Å². The van der Waals surface area contributed by atoms with Gasteiger partial charge in [-0.15, -0.1) is 0 Å². The molecule has 0 bridgehead atoms. The normalized spacial score (nSPS) is 18.2. The molecule has 0 aliphatic heterocycles.